The van der Waals surface area contributed by atoms with Crippen LogP contribution in [0.25, 0.3) is 0 Å². The van der Waals surface area contributed by atoms with Crippen molar-refractivity contribution in [3.8, 4) is 0 Å². The van der Waals surface area contributed by atoms with Gasteiger partial charge in [-0.1, -0.05) is 12.1 Å². The van der Waals surface area contributed by atoms with E-state index in [2.05, 4.69) is 31.4 Å². The van der Waals surface area contributed by atoms with Crippen LogP contribution in [-0.4, -0.2) is 10.1 Å². The molecule has 1 aliphatic heterocycles. The molecule has 1 aliphatic rings. The van der Waals surface area contributed by atoms with E-state index in [-0.39, 0.29) is 0 Å². The number of rotatable bonds is 1. The highest BCUT2D eigenvalue weighted by molar-refractivity contribution is 7.80. The summed E-state index contributed by atoms with van der Waals surface area (Å²) < 4.78 is 0. The van der Waals surface area contributed by atoms with Gasteiger partial charge in [-0.05, 0) is 48.3 Å². The van der Waals surface area contributed by atoms with E-state index in [1.807, 2.05) is 5.01 Å². The minimum atomic E-state index is 0.332. The summed E-state index contributed by atoms with van der Waals surface area (Å²) in [6, 6.07) is 4.33. The summed E-state index contributed by atoms with van der Waals surface area (Å²) >= 11 is 4.83. The summed E-state index contributed by atoms with van der Waals surface area (Å²) in [5.74, 6) is 0. The van der Waals surface area contributed by atoms with Crippen LogP contribution in [0.3, 0.4) is 0 Å². The van der Waals surface area contributed by atoms with Crippen LogP contribution in [0.2, 0.25) is 0 Å². The highest BCUT2D eigenvalue weighted by Crippen LogP contribution is 2.27. The fraction of sp³-hybridized carbons (Fsp3) is 0.364. The lowest BCUT2D eigenvalue weighted by Gasteiger charge is -2.15. The van der Waals surface area contributed by atoms with Gasteiger partial charge < -0.3 is 5.73 Å². The van der Waals surface area contributed by atoms with Gasteiger partial charge in [0.1, 0.15) is 0 Å². The van der Waals surface area contributed by atoms with Crippen LogP contribution in [0.4, 0.5) is 0 Å². The molecule has 0 saturated heterocycles. The van der Waals surface area contributed by atoms with Crippen molar-refractivity contribution in [1.29, 1.82) is 0 Å². The molecule has 0 amide bonds. The van der Waals surface area contributed by atoms with Gasteiger partial charge in [0.15, 0.2) is 5.11 Å². The van der Waals surface area contributed by atoms with Crippen LogP contribution in [0.5, 0.6) is 0 Å². The van der Waals surface area contributed by atoms with Gasteiger partial charge in [-0.2, -0.15) is 0 Å². The molecule has 15 heavy (non-hydrogen) atoms. The summed E-state index contributed by atoms with van der Waals surface area (Å²) in [5.41, 5.74) is 13.9. The van der Waals surface area contributed by atoms with Crippen LogP contribution >= 0.6 is 12.2 Å². The van der Waals surface area contributed by atoms with Crippen molar-refractivity contribution in [2.24, 2.45) is 5.73 Å². The fourth-order valence-corrected chi connectivity index (χ4v) is 2.17. The standard InChI is InChI=1S/C11H15N3S/c1-7-3-4-8(2)10-6-14(5-9(7)10)13-11(12)15/h3-4H,5-6H2,1-2H3,(H3,12,13,15). The zero-order valence-corrected chi connectivity index (χ0v) is 9.82. The molecule has 0 bridgehead atoms. The molecule has 0 aromatic heterocycles. The van der Waals surface area contributed by atoms with Crippen molar-refractivity contribution in [3.63, 3.8) is 0 Å². The quantitative estimate of drug-likeness (QED) is 0.703. The largest absolute Gasteiger partial charge is 0.375 e. The normalized spacial score (nSPS) is 15.1. The maximum Gasteiger partial charge on any atom is 0.178 e. The molecule has 1 heterocycles. The van der Waals surface area contributed by atoms with Crippen LogP contribution in [0.1, 0.15) is 22.3 Å². The van der Waals surface area contributed by atoms with Crippen LogP contribution in [0, 0.1) is 13.8 Å². The van der Waals surface area contributed by atoms with E-state index in [1.54, 1.807) is 0 Å². The number of nitrogens with one attached hydrogen (secondary N) is 1. The topological polar surface area (TPSA) is 41.3 Å². The molecule has 0 saturated carbocycles. The first kappa shape index (κ1) is 10.4. The van der Waals surface area contributed by atoms with Crippen LogP contribution in [-0.2, 0) is 13.1 Å². The van der Waals surface area contributed by atoms with Crippen molar-refractivity contribution in [2.45, 2.75) is 26.9 Å². The molecular weight excluding hydrogens is 206 g/mol. The number of fused-ring (bicyclic) bond motifs is 1. The zero-order chi connectivity index (χ0) is 11.0. The van der Waals surface area contributed by atoms with E-state index in [9.17, 15) is 0 Å². The minimum absolute atomic E-state index is 0.332. The van der Waals surface area contributed by atoms with E-state index in [1.165, 1.54) is 22.3 Å². The molecule has 2 rings (SSSR count). The summed E-state index contributed by atoms with van der Waals surface area (Å²) in [6.45, 7) is 6.03. The number of hydrazine groups is 1. The molecule has 0 fully saturated rings. The first-order valence-corrected chi connectivity index (χ1v) is 5.37. The molecule has 0 radical (unpaired) electrons. The molecule has 0 atom stereocenters. The molecule has 1 aromatic rings. The van der Waals surface area contributed by atoms with E-state index in [0.29, 0.717) is 5.11 Å². The van der Waals surface area contributed by atoms with Crippen molar-refractivity contribution in [2.75, 3.05) is 0 Å². The third-order valence-corrected chi connectivity index (χ3v) is 2.96. The average molecular weight is 221 g/mol. The fourth-order valence-electron chi connectivity index (χ4n) is 2.04. The van der Waals surface area contributed by atoms with Crippen molar-refractivity contribution in [1.82, 2.24) is 10.4 Å². The first-order chi connectivity index (χ1) is 7.08. The zero-order valence-electron chi connectivity index (χ0n) is 9.00. The van der Waals surface area contributed by atoms with Crippen molar-refractivity contribution < 1.29 is 0 Å². The lowest BCUT2D eigenvalue weighted by Crippen LogP contribution is -2.41. The maximum absolute atomic E-state index is 5.46. The number of aryl methyl sites for hydroxylation is 2. The summed E-state index contributed by atoms with van der Waals surface area (Å²) in [7, 11) is 0. The van der Waals surface area contributed by atoms with E-state index in [4.69, 9.17) is 18.0 Å². The maximum atomic E-state index is 5.46. The third kappa shape index (κ3) is 1.96. The van der Waals surface area contributed by atoms with E-state index in [0.717, 1.165) is 13.1 Å². The second-order valence-electron chi connectivity index (χ2n) is 3.99. The highest BCUT2D eigenvalue weighted by atomic mass is 32.1. The second-order valence-corrected chi connectivity index (χ2v) is 4.43. The predicted molar refractivity (Wildman–Crippen MR) is 65.1 cm³/mol. The Morgan fingerprint density at radius 3 is 2.13 bits per heavy atom. The molecule has 3 nitrogen and oxygen atoms in total. The Labute approximate surface area is 95.2 Å². The molecule has 4 heteroatoms. The van der Waals surface area contributed by atoms with Gasteiger partial charge in [0, 0.05) is 13.1 Å². The van der Waals surface area contributed by atoms with Crippen LogP contribution in [0.15, 0.2) is 12.1 Å². The first-order valence-electron chi connectivity index (χ1n) is 4.97. The monoisotopic (exact) mass is 221 g/mol. The Hall–Kier alpha value is -1.13. The Morgan fingerprint density at radius 2 is 1.73 bits per heavy atom. The predicted octanol–water partition coefficient (Wildman–Crippen LogP) is 1.37. The van der Waals surface area contributed by atoms with Crippen molar-refractivity contribution in [3.05, 3.63) is 34.4 Å². The van der Waals surface area contributed by atoms with Gasteiger partial charge in [-0.15, -0.1) is 0 Å². The Morgan fingerprint density at radius 1 is 1.27 bits per heavy atom. The molecule has 3 N–H and O–H groups in total. The van der Waals surface area contributed by atoms with Crippen LogP contribution < -0.4 is 11.2 Å². The summed E-state index contributed by atoms with van der Waals surface area (Å²) in [6.07, 6.45) is 0. The number of nitrogens with two attached hydrogens (primary N) is 1. The molecule has 1 aromatic carbocycles. The smallest absolute Gasteiger partial charge is 0.178 e. The Bertz CT molecular complexity index is 384. The summed E-state index contributed by atoms with van der Waals surface area (Å²) in [5, 5.41) is 2.38. The molecule has 80 valence electrons. The summed E-state index contributed by atoms with van der Waals surface area (Å²) in [4.78, 5) is 0. The highest BCUT2D eigenvalue weighted by Gasteiger charge is 2.21. The van der Waals surface area contributed by atoms with Gasteiger partial charge in [-0.3, -0.25) is 5.43 Å². The van der Waals surface area contributed by atoms with Gasteiger partial charge in [0.05, 0.1) is 0 Å². The van der Waals surface area contributed by atoms with Gasteiger partial charge in [-0.25, -0.2) is 5.01 Å². The Kier molecular flexibility index (Phi) is 2.63. The van der Waals surface area contributed by atoms with Crippen molar-refractivity contribution >= 4 is 17.3 Å². The number of thiocarbonyl (C=S) groups is 1. The molecule has 0 unspecified atom stereocenters. The average Bonchev–Trinajstić information content (AvgIpc) is 2.55. The Balaban J connectivity index is 2.26. The number of hydrogen-bond donors (Lipinski definition) is 2. The SMILES string of the molecule is Cc1ccc(C)c2c1CN(NC(N)=S)C2. The van der Waals surface area contributed by atoms with E-state index < -0.39 is 0 Å². The lowest BCUT2D eigenvalue weighted by molar-refractivity contribution is 0.242. The second kappa shape index (κ2) is 3.79. The van der Waals surface area contributed by atoms with E-state index >= 15 is 0 Å². The number of nitrogens with zero attached hydrogens (tertiary/aromatic N) is 1. The minimum Gasteiger partial charge on any atom is -0.375 e. The molecule has 0 spiro atoms. The third-order valence-electron chi connectivity index (χ3n) is 2.87. The molecular formula is C11H15N3S. The van der Waals surface area contributed by atoms with Gasteiger partial charge in [0.2, 0.25) is 0 Å². The number of benzene rings is 1. The molecule has 0 aliphatic carbocycles. The number of hydrogen-bond acceptors (Lipinski definition) is 2. The van der Waals surface area contributed by atoms with Gasteiger partial charge >= 0.3 is 0 Å². The lowest BCUT2D eigenvalue weighted by atomic mass is 10.0. The van der Waals surface area contributed by atoms with Gasteiger partial charge in [0.25, 0.3) is 0 Å².